The van der Waals surface area contributed by atoms with Gasteiger partial charge in [0.2, 0.25) is 0 Å². The highest BCUT2D eigenvalue weighted by molar-refractivity contribution is 5.35. The van der Waals surface area contributed by atoms with Crippen molar-refractivity contribution >= 4 is 0 Å². The van der Waals surface area contributed by atoms with Crippen molar-refractivity contribution in [1.29, 1.82) is 0 Å². The van der Waals surface area contributed by atoms with Crippen LogP contribution in [0.25, 0.3) is 0 Å². The maximum Gasteiger partial charge on any atom is 0.127 e. The minimum absolute atomic E-state index is 0.00458. The van der Waals surface area contributed by atoms with E-state index >= 15 is 0 Å². The van der Waals surface area contributed by atoms with Crippen LogP contribution in [0.4, 0.5) is 4.39 Å². The molecule has 112 valence electrons. The molecule has 1 aromatic rings. The van der Waals surface area contributed by atoms with Crippen molar-refractivity contribution in [3.05, 3.63) is 29.6 Å². The van der Waals surface area contributed by atoms with E-state index in [1.165, 1.54) is 12.1 Å². The summed E-state index contributed by atoms with van der Waals surface area (Å²) in [6.45, 7) is 3.84. The molecule has 2 rings (SSSR count). The Morgan fingerprint density at radius 3 is 2.60 bits per heavy atom. The second-order valence-electron chi connectivity index (χ2n) is 5.55. The molecule has 3 nitrogen and oxygen atoms in total. The smallest absolute Gasteiger partial charge is 0.127 e. The third-order valence-corrected chi connectivity index (χ3v) is 3.92. The van der Waals surface area contributed by atoms with E-state index in [1.54, 1.807) is 14.2 Å². The zero-order valence-corrected chi connectivity index (χ0v) is 12.6. The van der Waals surface area contributed by atoms with Gasteiger partial charge in [-0.3, -0.25) is 0 Å². The normalized spacial score (nSPS) is 26.2. The Bertz CT molecular complexity index is 461. The number of hydrogen-bond donors (Lipinski definition) is 0. The lowest BCUT2D eigenvalue weighted by molar-refractivity contribution is -0.104. The van der Waals surface area contributed by atoms with Gasteiger partial charge in [-0.25, -0.2) is 4.39 Å². The van der Waals surface area contributed by atoms with E-state index in [2.05, 4.69) is 0 Å². The predicted octanol–water partition coefficient (Wildman–Crippen LogP) is 3.65. The number of halogens is 1. The molecule has 0 saturated heterocycles. The van der Waals surface area contributed by atoms with Crippen LogP contribution in [0.5, 0.6) is 5.75 Å². The van der Waals surface area contributed by atoms with E-state index in [9.17, 15) is 4.39 Å². The molecule has 1 aliphatic carbocycles. The largest absolute Gasteiger partial charge is 0.491 e. The molecule has 1 aliphatic rings. The van der Waals surface area contributed by atoms with Gasteiger partial charge in [0.05, 0.1) is 12.2 Å². The van der Waals surface area contributed by atoms with E-state index in [-0.39, 0.29) is 18.0 Å². The maximum absolute atomic E-state index is 13.9. The van der Waals surface area contributed by atoms with Crippen molar-refractivity contribution in [2.24, 2.45) is 0 Å². The molecule has 1 saturated carbocycles. The van der Waals surface area contributed by atoms with E-state index in [4.69, 9.17) is 14.2 Å². The number of hydrogen-bond acceptors (Lipinski definition) is 3. The van der Waals surface area contributed by atoms with E-state index in [0.29, 0.717) is 5.75 Å². The molecule has 20 heavy (non-hydrogen) atoms. The van der Waals surface area contributed by atoms with Crippen LogP contribution in [0.1, 0.15) is 38.7 Å². The monoisotopic (exact) mass is 282 g/mol. The molecule has 2 atom stereocenters. The van der Waals surface area contributed by atoms with Gasteiger partial charge in [0, 0.05) is 20.3 Å². The molecule has 1 fully saturated rings. The van der Waals surface area contributed by atoms with Crippen molar-refractivity contribution in [3.63, 3.8) is 0 Å². The third-order valence-electron chi connectivity index (χ3n) is 3.92. The zero-order valence-electron chi connectivity index (χ0n) is 12.6. The van der Waals surface area contributed by atoms with Crippen molar-refractivity contribution in [3.8, 4) is 5.75 Å². The molecule has 0 aliphatic heterocycles. The molecule has 4 heteroatoms. The summed E-state index contributed by atoms with van der Waals surface area (Å²) in [6.07, 6.45) is 2.70. The molecular weight excluding hydrogens is 259 g/mol. The summed E-state index contributed by atoms with van der Waals surface area (Å²) in [4.78, 5) is 0. The van der Waals surface area contributed by atoms with Crippen molar-refractivity contribution in [2.45, 2.75) is 50.9 Å². The molecule has 2 unspecified atom stereocenters. The van der Waals surface area contributed by atoms with Gasteiger partial charge >= 0.3 is 0 Å². The topological polar surface area (TPSA) is 27.7 Å². The Balaban J connectivity index is 2.41. The first-order valence-electron chi connectivity index (χ1n) is 7.07. The minimum atomic E-state index is -0.577. The van der Waals surface area contributed by atoms with Gasteiger partial charge in [-0.05, 0) is 50.8 Å². The first-order valence-corrected chi connectivity index (χ1v) is 7.07. The van der Waals surface area contributed by atoms with Gasteiger partial charge in [-0.1, -0.05) is 0 Å². The summed E-state index contributed by atoms with van der Waals surface area (Å²) in [5.74, 6) is 0.226. The summed E-state index contributed by atoms with van der Waals surface area (Å²) in [7, 11) is 3.33. The minimum Gasteiger partial charge on any atom is -0.491 e. The lowest BCUT2D eigenvalue weighted by atomic mass is 9.89. The number of methoxy groups -OCH3 is 2. The van der Waals surface area contributed by atoms with Gasteiger partial charge in [-0.15, -0.1) is 0 Å². The summed E-state index contributed by atoms with van der Waals surface area (Å²) in [6, 6.07) is 4.79. The SMILES string of the molecule is COC1CCCC1(OC)c1cc(F)cc(OC(C)C)c1. The lowest BCUT2D eigenvalue weighted by Gasteiger charge is -2.34. The quantitative estimate of drug-likeness (QED) is 0.825. The maximum atomic E-state index is 13.9. The van der Waals surface area contributed by atoms with Crippen LogP contribution in [-0.2, 0) is 15.1 Å². The molecule has 0 amide bonds. The van der Waals surface area contributed by atoms with Crippen LogP contribution in [0.15, 0.2) is 18.2 Å². The summed E-state index contributed by atoms with van der Waals surface area (Å²) >= 11 is 0. The first-order chi connectivity index (χ1) is 9.51. The highest BCUT2D eigenvalue weighted by atomic mass is 19.1. The van der Waals surface area contributed by atoms with E-state index < -0.39 is 5.60 Å². The Morgan fingerprint density at radius 1 is 1.25 bits per heavy atom. The van der Waals surface area contributed by atoms with Crippen molar-refractivity contribution < 1.29 is 18.6 Å². The highest BCUT2D eigenvalue weighted by Gasteiger charge is 2.45. The van der Waals surface area contributed by atoms with Crippen molar-refractivity contribution in [1.82, 2.24) is 0 Å². The molecule has 0 heterocycles. The first kappa shape index (κ1) is 15.3. The van der Waals surface area contributed by atoms with Crippen LogP contribution < -0.4 is 4.74 Å². The van der Waals surface area contributed by atoms with Crippen LogP contribution in [-0.4, -0.2) is 26.4 Å². The Hall–Kier alpha value is -1.13. The summed E-state index contributed by atoms with van der Waals surface area (Å²) in [5, 5.41) is 0. The lowest BCUT2D eigenvalue weighted by Crippen LogP contribution is -2.38. The number of ether oxygens (including phenoxy) is 3. The van der Waals surface area contributed by atoms with Gasteiger partial charge in [0.1, 0.15) is 17.2 Å². The fraction of sp³-hybridized carbons (Fsp3) is 0.625. The molecule has 0 N–H and O–H groups in total. The summed E-state index contributed by atoms with van der Waals surface area (Å²) < 4.78 is 30.8. The Labute approximate surface area is 120 Å². The summed E-state index contributed by atoms with van der Waals surface area (Å²) in [5.41, 5.74) is 0.214. The zero-order chi connectivity index (χ0) is 14.8. The predicted molar refractivity (Wildman–Crippen MR) is 75.5 cm³/mol. The highest BCUT2D eigenvalue weighted by Crippen LogP contribution is 2.44. The fourth-order valence-electron chi connectivity index (χ4n) is 3.08. The standard InChI is InChI=1S/C16H23FO3/c1-11(2)20-14-9-12(8-13(17)10-14)16(19-4)7-5-6-15(16)18-3/h8-11,15H,5-7H2,1-4H3. The van der Waals surface area contributed by atoms with Gasteiger partial charge in [-0.2, -0.15) is 0 Å². The second kappa shape index (κ2) is 6.10. The fourth-order valence-corrected chi connectivity index (χ4v) is 3.08. The Kier molecular flexibility index (Phi) is 4.66. The van der Waals surface area contributed by atoms with E-state index in [0.717, 1.165) is 24.8 Å². The van der Waals surface area contributed by atoms with Crippen molar-refractivity contribution in [2.75, 3.05) is 14.2 Å². The molecule has 1 aromatic carbocycles. The third kappa shape index (κ3) is 2.81. The van der Waals surface area contributed by atoms with Crippen LogP contribution in [0.3, 0.4) is 0 Å². The number of benzene rings is 1. The van der Waals surface area contributed by atoms with Gasteiger partial charge in [0.25, 0.3) is 0 Å². The molecule has 0 bridgehead atoms. The van der Waals surface area contributed by atoms with E-state index in [1.807, 2.05) is 19.9 Å². The van der Waals surface area contributed by atoms with Crippen LogP contribution in [0.2, 0.25) is 0 Å². The molecule has 0 aromatic heterocycles. The average Bonchev–Trinajstić information content (AvgIpc) is 2.81. The molecule has 0 spiro atoms. The van der Waals surface area contributed by atoms with Gasteiger partial charge in [0.15, 0.2) is 0 Å². The van der Waals surface area contributed by atoms with Gasteiger partial charge < -0.3 is 14.2 Å². The Morgan fingerprint density at radius 2 is 2.00 bits per heavy atom. The molecular formula is C16H23FO3. The average molecular weight is 282 g/mol. The molecule has 0 radical (unpaired) electrons. The van der Waals surface area contributed by atoms with Crippen LogP contribution in [0, 0.1) is 5.82 Å². The number of rotatable bonds is 5. The van der Waals surface area contributed by atoms with Crippen LogP contribution >= 0.6 is 0 Å². The second-order valence-corrected chi connectivity index (χ2v) is 5.55.